The molecular formula is C52H102NO11P. The zero-order valence-electron chi connectivity index (χ0n) is 42.0. The molecule has 0 aliphatic carbocycles. The number of aliphatic hydroxyl groups is 3. The topological polar surface area (TPSA) is 192 Å². The monoisotopic (exact) mass is 948 g/mol. The van der Waals surface area contributed by atoms with Crippen molar-refractivity contribution in [3.8, 4) is 0 Å². The molecular weight excluding hydrogens is 846 g/mol. The van der Waals surface area contributed by atoms with E-state index in [1.165, 1.54) is 154 Å². The molecule has 0 spiro atoms. The predicted molar refractivity (Wildman–Crippen MR) is 263 cm³/mol. The second-order valence-corrected chi connectivity index (χ2v) is 20.8. The smallest absolute Gasteiger partial charge is 0.457 e. The highest BCUT2D eigenvalue weighted by Crippen LogP contribution is 2.42. The lowest BCUT2D eigenvalue weighted by Gasteiger charge is -2.43. The second kappa shape index (κ2) is 41.8. The first-order chi connectivity index (χ1) is 31.4. The van der Waals surface area contributed by atoms with Crippen molar-refractivity contribution >= 4 is 19.7 Å². The number of hydrogen-bond acceptors (Lipinski definition) is 9. The summed E-state index contributed by atoms with van der Waals surface area (Å²) >= 11 is 0. The molecule has 0 aromatic heterocycles. The third-order valence-electron chi connectivity index (χ3n) is 13.4. The molecule has 0 aromatic carbocycles. The molecule has 7 atom stereocenters. The van der Waals surface area contributed by atoms with Gasteiger partial charge in [0.2, 0.25) is 5.91 Å². The van der Waals surface area contributed by atoms with E-state index in [9.17, 15) is 39.3 Å². The lowest BCUT2D eigenvalue weighted by molar-refractivity contribution is -0.256. The molecule has 1 heterocycles. The number of carbonyl (C=O) groups is 2. The van der Waals surface area contributed by atoms with Crippen molar-refractivity contribution in [3.63, 3.8) is 0 Å². The second-order valence-electron chi connectivity index (χ2n) is 19.6. The van der Waals surface area contributed by atoms with Crippen molar-refractivity contribution in [2.45, 2.75) is 308 Å². The van der Waals surface area contributed by atoms with Crippen LogP contribution in [0.2, 0.25) is 0 Å². The van der Waals surface area contributed by atoms with E-state index in [-0.39, 0.29) is 18.8 Å². The molecule has 0 radical (unpaired) electrons. The van der Waals surface area contributed by atoms with E-state index in [0.29, 0.717) is 6.42 Å². The van der Waals surface area contributed by atoms with Gasteiger partial charge in [0.1, 0.15) is 18.2 Å². The number of phosphoric acid groups is 1. The van der Waals surface area contributed by atoms with Gasteiger partial charge in [0.05, 0.1) is 19.1 Å². The van der Waals surface area contributed by atoms with E-state index < -0.39 is 63.1 Å². The number of hydrogen-bond donors (Lipinski definition) is 6. The molecule has 0 saturated carbocycles. The lowest BCUT2D eigenvalue weighted by Crippen LogP contribution is -2.65. The SMILES string of the molecule is CCCCCCCCCCCCCCCCCCC(CCCCCCCCCCC)CC(=O)O[C@H]1[C@H](OP(=O)(O)O)[C@@H](CO)OC(O)[C@@H]1NC(=O)CC(O)CCCCCCCCCCC. The summed E-state index contributed by atoms with van der Waals surface area (Å²) in [5.74, 6) is -1.25. The molecule has 1 aliphatic heterocycles. The molecule has 12 nitrogen and oxygen atoms in total. The van der Waals surface area contributed by atoms with Crippen LogP contribution in [0.15, 0.2) is 0 Å². The van der Waals surface area contributed by atoms with Gasteiger partial charge in [0, 0.05) is 6.42 Å². The highest BCUT2D eigenvalue weighted by atomic mass is 31.2. The molecule has 0 aromatic rings. The fourth-order valence-corrected chi connectivity index (χ4v) is 9.98. The predicted octanol–water partition coefficient (Wildman–Crippen LogP) is 12.8. The lowest BCUT2D eigenvalue weighted by atomic mass is 9.91. The number of nitrogens with one attached hydrogen (secondary N) is 1. The Morgan fingerprint density at radius 2 is 0.908 bits per heavy atom. The zero-order valence-corrected chi connectivity index (χ0v) is 42.9. The van der Waals surface area contributed by atoms with Crippen molar-refractivity contribution in [3.05, 3.63) is 0 Å². The van der Waals surface area contributed by atoms with Crippen molar-refractivity contribution in [2.75, 3.05) is 6.61 Å². The molecule has 1 saturated heterocycles. The third-order valence-corrected chi connectivity index (χ3v) is 13.9. The van der Waals surface area contributed by atoms with Gasteiger partial charge >= 0.3 is 13.8 Å². The molecule has 6 N–H and O–H groups in total. The highest BCUT2D eigenvalue weighted by Gasteiger charge is 2.51. The number of esters is 1. The van der Waals surface area contributed by atoms with Gasteiger partial charge in [0.25, 0.3) is 0 Å². The Morgan fingerprint density at radius 3 is 1.26 bits per heavy atom. The quantitative estimate of drug-likeness (QED) is 0.0193. The number of rotatable bonds is 46. The minimum absolute atomic E-state index is 0.0301. The van der Waals surface area contributed by atoms with Crippen LogP contribution in [0.4, 0.5) is 0 Å². The largest absolute Gasteiger partial charge is 0.470 e. The van der Waals surface area contributed by atoms with Crippen LogP contribution in [0, 0.1) is 5.92 Å². The number of phosphoric ester groups is 1. The van der Waals surface area contributed by atoms with Crippen LogP contribution < -0.4 is 5.32 Å². The van der Waals surface area contributed by atoms with Gasteiger partial charge < -0.3 is 39.9 Å². The number of carbonyl (C=O) groups excluding carboxylic acids is 2. The summed E-state index contributed by atoms with van der Waals surface area (Å²) in [6.07, 6.45) is 35.8. The fraction of sp³-hybridized carbons (Fsp3) is 0.962. The summed E-state index contributed by atoms with van der Waals surface area (Å²) in [4.78, 5) is 46.7. The van der Waals surface area contributed by atoms with Crippen molar-refractivity contribution in [1.82, 2.24) is 5.32 Å². The Labute approximate surface area is 397 Å². The van der Waals surface area contributed by atoms with Crippen LogP contribution in [0.5, 0.6) is 0 Å². The minimum Gasteiger partial charge on any atom is -0.457 e. The van der Waals surface area contributed by atoms with Crippen LogP contribution >= 0.6 is 7.82 Å². The molecule has 386 valence electrons. The first-order valence-corrected chi connectivity index (χ1v) is 28.8. The normalized spacial score (nSPS) is 19.9. The van der Waals surface area contributed by atoms with Gasteiger partial charge in [-0.15, -0.1) is 0 Å². The fourth-order valence-electron chi connectivity index (χ4n) is 9.41. The van der Waals surface area contributed by atoms with Crippen molar-refractivity contribution in [2.24, 2.45) is 5.92 Å². The van der Waals surface area contributed by atoms with Crippen molar-refractivity contribution < 1.29 is 53.3 Å². The number of ether oxygens (including phenoxy) is 2. The van der Waals surface area contributed by atoms with Gasteiger partial charge in [-0.25, -0.2) is 4.57 Å². The van der Waals surface area contributed by atoms with Gasteiger partial charge in [0.15, 0.2) is 12.4 Å². The highest BCUT2D eigenvalue weighted by molar-refractivity contribution is 7.46. The molecule has 65 heavy (non-hydrogen) atoms. The van der Waals surface area contributed by atoms with E-state index in [1.54, 1.807) is 0 Å². The molecule has 13 heteroatoms. The Morgan fingerprint density at radius 1 is 0.554 bits per heavy atom. The molecule has 1 fully saturated rings. The summed E-state index contributed by atoms with van der Waals surface area (Å²) in [6.45, 7) is 5.89. The maximum Gasteiger partial charge on any atom is 0.470 e. The zero-order chi connectivity index (χ0) is 47.8. The summed E-state index contributed by atoms with van der Waals surface area (Å²) in [7, 11) is -5.22. The number of aliphatic hydroxyl groups excluding tert-OH is 3. The number of amides is 1. The first-order valence-electron chi connectivity index (χ1n) is 27.3. The van der Waals surface area contributed by atoms with E-state index >= 15 is 0 Å². The van der Waals surface area contributed by atoms with Crippen LogP contribution in [0.3, 0.4) is 0 Å². The summed E-state index contributed by atoms with van der Waals surface area (Å²) in [5, 5.41) is 34.4. The van der Waals surface area contributed by atoms with Crippen LogP contribution in [0.1, 0.15) is 271 Å². The van der Waals surface area contributed by atoms with E-state index in [0.717, 1.165) is 77.0 Å². The minimum atomic E-state index is -5.22. The summed E-state index contributed by atoms with van der Waals surface area (Å²) in [6, 6.07) is -1.47. The Bertz CT molecular complexity index is 1160. The van der Waals surface area contributed by atoms with Gasteiger partial charge in [-0.05, 0) is 25.2 Å². The Hall–Kier alpha value is -1.11. The molecule has 1 amide bonds. The van der Waals surface area contributed by atoms with E-state index in [4.69, 9.17) is 14.0 Å². The average Bonchev–Trinajstić information content (AvgIpc) is 3.26. The van der Waals surface area contributed by atoms with Gasteiger partial charge in [-0.3, -0.25) is 14.1 Å². The maximum atomic E-state index is 13.8. The molecule has 3 unspecified atom stereocenters. The average molecular weight is 948 g/mol. The van der Waals surface area contributed by atoms with E-state index in [1.807, 2.05) is 0 Å². The molecule has 1 aliphatic rings. The van der Waals surface area contributed by atoms with Crippen LogP contribution in [-0.2, 0) is 28.2 Å². The summed E-state index contributed by atoms with van der Waals surface area (Å²) < 4.78 is 28.6. The van der Waals surface area contributed by atoms with E-state index in [2.05, 4.69) is 26.1 Å². The van der Waals surface area contributed by atoms with Gasteiger partial charge in [-0.2, -0.15) is 0 Å². The maximum absolute atomic E-state index is 13.8. The van der Waals surface area contributed by atoms with Crippen LogP contribution in [-0.4, -0.2) is 80.3 Å². The Balaban J connectivity index is 2.82. The van der Waals surface area contributed by atoms with Gasteiger partial charge in [-0.1, -0.05) is 239 Å². The third kappa shape index (κ3) is 34.8. The number of unbranched alkanes of at least 4 members (excludes halogenated alkanes) is 31. The Kier molecular flexibility index (Phi) is 39.8. The summed E-state index contributed by atoms with van der Waals surface area (Å²) in [5.41, 5.74) is 0. The standard InChI is InChI=1S/C52H102NO11P/c1-4-7-10-13-16-19-20-21-22-23-24-25-28-30-33-36-39-44(38-35-32-29-26-17-14-11-8-5-2)41-48(57)63-51-49(52(58)62-46(43-54)50(51)64-65(59,60)61)53-47(56)42-45(55)40-37-34-31-27-18-15-12-9-6-3/h44-46,49-52,54-55,58H,4-43H2,1-3H3,(H,53,56)(H2,59,60,61)/t44?,45?,46-,49-,50-,51-,52?/m1/s1. The van der Waals surface area contributed by atoms with Crippen molar-refractivity contribution in [1.29, 1.82) is 0 Å². The molecule has 1 rings (SSSR count). The first kappa shape index (κ1) is 61.9. The van der Waals surface area contributed by atoms with Crippen LogP contribution in [0.25, 0.3) is 0 Å². The molecule has 0 bridgehead atoms.